The van der Waals surface area contributed by atoms with Crippen LogP contribution in [0.1, 0.15) is 20.3 Å². The second-order valence-corrected chi connectivity index (χ2v) is 5.32. The zero-order valence-electron chi connectivity index (χ0n) is 8.32. The molecule has 0 spiro atoms. The molecule has 0 aromatic carbocycles. The number of nitrogens with zero attached hydrogens (tertiary/aromatic N) is 2. The number of nitriles is 1. The lowest BCUT2D eigenvalue weighted by molar-refractivity contribution is 0.438. The van der Waals surface area contributed by atoms with Crippen molar-refractivity contribution in [3.63, 3.8) is 0 Å². The van der Waals surface area contributed by atoms with E-state index < -0.39 is 10.0 Å². The van der Waals surface area contributed by atoms with Crippen molar-refractivity contribution in [3.05, 3.63) is 0 Å². The van der Waals surface area contributed by atoms with Crippen molar-refractivity contribution in [1.82, 2.24) is 4.31 Å². The van der Waals surface area contributed by atoms with Gasteiger partial charge in [0.2, 0.25) is 10.0 Å². The van der Waals surface area contributed by atoms with E-state index in [9.17, 15) is 8.42 Å². The Kier molecular flexibility index (Phi) is 4.96. The molecule has 13 heavy (non-hydrogen) atoms. The highest BCUT2D eigenvalue weighted by Gasteiger charge is 2.18. The first kappa shape index (κ1) is 12.4. The summed E-state index contributed by atoms with van der Waals surface area (Å²) in [6, 6.07) is 2.00. The van der Waals surface area contributed by atoms with E-state index in [1.165, 1.54) is 11.4 Å². The summed E-state index contributed by atoms with van der Waals surface area (Å²) in [5.41, 5.74) is 0. The van der Waals surface area contributed by atoms with Crippen LogP contribution in [0.3, 0.4) is 0 Å². The number of rotatable bonds is 5. The van der Waals surface area contributed by atoms with Gasteiger partial charge < -0.3 is 0 Å². The largest absolute Gasteiger partial charge is 0.213 e. The summed E-state index contributed by atoms with van der Waals surface area (Å²) in [5.74, 6) is -0.0987. The minimum absolute atomic E-state index is 0.154. The van der Waals surface area contributed by atoms with E-state index in [0.29, 0.717) is 6.42 Å². The van der Waals surface area contributed by atoms with E-state index in [2.05, 4.69) is 0 Å². The van der Waals surface area contributed by atoms with E-state index in [0.717, 1.165) is 0 Å². The van der Waals surface area contributed by atoms with Gasteiger partial charge in [-0.3, -0.25) is 0 Å². The molecule has 76 valence electrons. The van der Waals surface area contributed by atoms with Crippen molar-refractivity contribution < 1.29 is 8.42 Å². The molecule has 0 bridgehead atoms. The van der Waals surface area contributed by atoms with Crippen molar-refractivity contribution in [1.29, 1.82) is 5.26 Å². The van der Waals surface area contributed by atoms with Gasteiger partial charge in [0.15, 0.2) is 0 Å². The lowest BCUT2D eigenvalue weighted by atomic mass is 10.2. The van der Waals surface area contributed by atoms with Crippen LogP contribution >= 0.6 is 0 Å². The van der Waals surface area contributed by atoms with Crippen LogP contribution < -0.4 is 0 Å². The van der Waals surface area contributed by atoms with E-state index in [4.69, 9.17) is 5.26 Å². The molecule has 5 heteroatoms. The van der Waals surface area contributed by atoms with Crippen LogP contribution in [-0.4, -0.2) is 32.1 Å². The second kappa shape index (κ2) is 5.20. The average molecular weight is 204 g/mol. The fraction of sp³-hybridized carbons (Fsp3) is 0.875. The van der Waals surface area contributed by atoms with E-state index in [-0.39, 0.29) is 18.2 Å². The standard InChI is InChI=1S/C8H16N2O2S/c1-4-5-13(11,12)10(3)7-8(2)6-9/h8H,4-5,7H2,1-3H3. The van der Waals surface area contributed by atoms with Gasteiger partial charge in [0.05, 0.1) is 17.7 Å². The highest BCUT2D eigenvalue weighted by Crippen LogP contribution is 2.04. The Morgan fingerprint density at radius 1 is 1.54 bits per heavy atom. The molecule has 0 amide bonds. The van der Waals surface area contributed by atoms with Crippen LogP contribution in [0.4, 0.5) is 0 Å². The lowest BCUT2D eigenvalue weighted by Gasteiger charge is -2.17. The minimum Gasteiger partial charge on any atom is -0.212 e. The zero-order valence-corrected chi connectivity index (χ0v) is 9.13. The third-order valence-electron chi connectivity index (χ3n) is 1.69. The van der Waals surface area contributed by atoms with Crippen LogP contribution in [0.5, 0.6) is 0 Å². The Balaban J connectivity index is 4.27. The van der Waals surface area contributed by atoms with Crippen molar-refractivity contribution >= 4 is 10.0 Å². The first-order valence-corrected chi connectivity index (χ1v) is 5.88. The first-order valence-electron chi connectivity index (χ1n) is 4.27. The molecule has 0 aliphatic rings. The predicted molar refractivity (Wildman–Crippen MR) is 51.5 cm³/mol. The molecule has 4 nitrogen and oxygen atoms in total. The molecule has 0 fully saturated rings. The van der Waals surface area contributed by atoms with Gasteiger partial charge in [-0.05, 0) is 13.3 Å². The fourth-order valence-corrected chi connectivity index (χ4v) is 2.23. The van der Waals surface area contributed by atoms with Crippen molar-refractivity contribution in [2.24, 2.45) is 5.92 Å². The number of hydrogen-bond donors (Lipinski definition) is 0. The average Bonchev–Trinajstić information content (AvgIpc) is 2.04. The first-order chi connectivity index (χ1) is 5.94. The normalized spacial score (nSPS) is 14.1. The molecule has 0 aromatic heterocycles. The Morgan fingerprint density at radius 2 is 2.08 bits per heavy atom. The van der Waals surface area contributed by atoms with Crippen LogP contribution in [0.25, 0.3) is 0 Å². The molecular formula is C8H16N2O2S. The molecule has 0 saturated carbocycles. The quantitative estimate of drug-likeness (QED) is 0.666. The van der Waals surface area contributed by atoms with Gasteiger partial charge >= 0.3 is 0 Å². The molecular weight excluding hydrogens is 188 g/mol. The minimum atomic E-state index is -3.13. The van der Waals surface area contributed by atoms with Crippen LogP contribution in [0.2, 0.25) is 0 Å². The molecule has 0 radical (unpaired) electrons. The monoisotopic (exact) mass is 204 g/mol. The molecule has 0 aromatic rings. The van der Waals surface area contributed by atoms with Crippen molar-refractivity contribution in [2.75, 3.05) is 19.3 Å². The van der Waals surface area contributed by atoms with Crippen LogP contribution in [-0.2, 0) is 10.0 Å². The zero-order chi connectivity index (χ0) is 10.5. The Labute approximate surface area is 80.2 Å². The molecule has 0 N–H and O–H groups in total. The fourth-order valence-electron chi connectivity index (χ4n) is 0.954. The third-order valence-corrected chi connectivity index (χ3v) is 3.71. The Hall–Kier alpha value is -0.600. The van der Waals surface area contributed by atoms with E-state index >= 15 is 0 Å². The molecule has 1 unspecified atom stereocenters. The maximum absolute atomic E-state index is 11.4. The maximum Gasteiger partial charge on any atom is 0.213 e. The third kappa shape index (κ3) is 4.25. The summed E-state index contributed by atoms with van der Waals surface area (Å²) in [7, 11) is -1.62. The summed E-state index contributed by atoms with van der Waals surface area (Å²) in [4.78, 5) is 0. The summed E-state index contributed by atoms with van der Waals surface area (Å²) in [6.07, 6.45) is 0.605. The number of sulfonamides is 1. The molecule has 0 saturated heterocycles. The van der Waals surface area contributed by atoms with E-state index in [1.54, 1.807) is 6.92 Å². The van der Waals surface area contributed by atoms with Gasteiger partial charge in [0.25, 0.3) is 0 Å². The summed E-state index contributed by atoms with van der Waals surface area (Å²) < 4.78 is 24.1. The molecule has 0 aliphatic carbocycles. The SMILES string of the molecule is CCCS(=O)(=O)N(C)CC(C)C#N. The highest BCUT2D eigenvalue weighted by atomic mass is 32.2. The van der Waals surface area contributed by atoms with Gasteiger partial charge in [-0.25, -0.2) is 12.7 Å². The summed E-state index contributed by atoms with van der Waals surface area (Å²) in [6.45, 7) is 3.80. The predicted octanol–water partition coefficient (Wildman–Crippen LogP) is 0.818. The molecule has 0 aliphatic heterocycles. The topological polar surface area (TPSA) is 61.2 Å². The van der Waals surface area contributed by atoms with E-state index in [1.807, 2.05) is 13.0 Å². The van der Waals surface area contributed by atoms with Gasteiger partial charge in [-0.2, -0.15) is 5.26 Å². The van der Waals surface area contributed by atoms with Crippen molar-refractivity contribution in [3.8, 4) is 6.07 Å². The molecule has 0 heterocycles. The maximum atomic E-state index is 11.4. The smallest absolute Gasteiger partial charge is 0.212 e. The Bertz CT molecular complexity index is 279. The van der Waals surface area contributed by atoms with Crippen LogP contribution in [0.15, 0.2) is 0 Å². The highest BCUT2D eigenvalue weighted by molar-refractivity contribution is 7.89. The Morgan fingerprint density at radius 3 is 2.46 bits per heavy atom. The lowest BCUT2D eigenvalue weighted by Crippen LogP contribution is -2.32. The van der Waals surface area contributed by atoms with Gasteiger partial charge in [0.1, 0.15) is 0 Å². The van der Waals surface area contributed by atoms with Gasteiger partial charge in [0, 0.05) is 13.6 Å². The second-order valence-electron chi connectivity index (χ2n) is 3.13. The van der Waals surface area contributed by atoms with Crippen LogP contribution in [0, 0.1) is 17.2 Å². The summed E-state index contributed by atoms with van der Waals surface area (Å²) in [5, 5.41) is 8.51. The molecule has 1 atom stereocenters. The van der Waals surface area contributed by atoms with Crippen molar-refractivity contribution in [2.45, 2.75) is 20.3 Å². The summed E-state index contributed by atoms with van der Waals surface area (Å²) >= 11 is 0. The van der Waals surface area contributed by atoms with Gasteiger partial charge in [-0.1, -0.05) is 6.92 Å². The number of hydrogen-bond acceptors (Lipinski definition) is 3. The van der Waals surface area contributed by atoms with Gasteiger partial charge in [-0.15, -0.1) is 0 Å². The molecule has 0 rings (SSSR count).